The van der Waals surface area contributed by atoms with Gasteiger partial charge in [-0.15, -0.1) is 0 Å². The van der Waals surface area contributed by atoms with Crippen molar-refractivity contribution in [3.8, 4) is 11.6 Å². The molecule has 2 heterocycles. The Morgan fingerprint density at radius 1 is 1.30 bits per heavy atom. The number of rotatable bonds is 5. The summed E-state index contributed by atoms with van der Waals surface area (Å²) in [6.45, 7) is 9.38. The standard InChI is InChI=1S/C15H20BrN3O/c1-5-8-17-15-13(9(2)3)10(4)18-14(19-15)11-6-7-12(16)20-11/h6-7,9H,5,8H2,1-4H3,(H,17,18,19). The van der Waals surface area contributed by atoms with Crippen LogP contribution in [0.4, 0.5) is 5.82 Å². The molecule has 0 saturated carbocycles. The quantitative estimate of drug-likeness (QED) is 0.854. The van der Waals surface area contributed by atoms with E-state index in [1.807, 2.05) is 19.1 Å². The molecule has 0 bridgehead atoms. The molecule has 4 nitrogen and oxygen atoms in total. The number of aryl methyl sites for hydroxylation is 1. The highest BCUT2D eigenvalue weighted by molar-refractivity contribution is 9.10. The molecule has 0 aliphatic heterocycles. The van der Waals surface area contributed by atoms with Crippen molar-refractivity contribution in [3.05, 3.63) is 28.1 Å². The third kappa shape index (κ3) is 3.20. The zero-order valence-corrected chi connectivity index (χ0v) is 13.9. The maximum atomic E-state index is 5.55. The Balaban J connectivity index is 2.48. The number of anilines is 1. The molecule has 0 radical (unpaired) electrons. The van der Waals surface area contributed by atoms with Gasteiger partial charge in [0.05, 0.1) is 0 Å². The molecule has 5 heteroatoms. The molecule has 0 saturated heterocycles. The second kappa shape index (κ2) is 6.39. The number of halogens is 1. The topological polar surface area (TPSA) is 51.0 Å². The van der Waals surface area contributed by atoms with E-state index in [4.69, 9.17) is 4.42 Å². The van der Waals surface area contributed by atoms with Gasteiger partial charge in [0, 0.05) is 17.8 Å². The maximum Gasteiger partial charge on any atom is 0.197 e. The van der Waals surface area contributed by atoms with Crippen molar-refractivity contribution in [3.63, 3.8) is 0 Å². The highest BCUT2D eigenvalue weighted by Gasteiger charge is 2.16. The van der Waals surface area contributed by atoms with Crippen LogP contribution in [-0.2, 0) is 0 Å². The summed E-state index contributed by atoms with van der Waals surface area (Å²) in [4.78, 5) is 9.22. The average molecular weight is 338 g/mol. The van der Waals surface area contributed by atoms with Crippen LogP contribution in [-0.4, -0.2) is 16.5 Å². The molecule has 108 valence electrons. The van der Waals surface area contributed by atoms with Crippen molar-refractivity contribution in [2.45, 2.75) is 40.0 Å². The molecule has 0 aliphatic rings. The maximum absolute atomic E-state index is 5.55. The number of hydrogen-bond acceptors (Lipinski definition) is 4. The van der Waals surface area contributed by atoms with Gasteiger partial charge in [-0.2, -0.15) is 0 Å². The van der Waals surface area contributed by atoms with E-state index in [0.29, 0.717) is 22.2 Å². The van der Waals surface area contributed by atoms with Crippen molar-refractivity contribution in [1.29, 1.82) is 0 Å². The molecule has 2 aromatic heterocycles. The summed E-state index contributed by atoms with van der Waals surface area (Å²) in [5, 5.41) is 3.40. The van der Waals surface area contributed by atoms with Crippen molar-refractivity contribution < 1.29 is 4.42 Å². The van der Waals surface area contributed by atoms with E-state index in [1.165, 1.54) is 5.56 Å². The van der Waals surface area contributed by atoms with Crippen LogP contribution in [0.15, 0.2) is 21.2 Å². The highest BCUT2D eigenvalue weighted by atomic mass is 79.9. The minimum absolute atomic E-state index is 0.381. The molecule has 0 unspecified atom stereocenters. The zero-order valence-electron chi connectivity index (χ0n) is 12.3. The molecule has 2 aromatic rings. The van der Waals surface area contributed by atoms with Gasteiger partial charge in [-0.05, 0) is 47.3 Å². The van der Waals surface area contributed by atoms with E-state index in [2.05, 4.69) is 52.0 Å². The minimum atomic E-state index is 0.381. The van der Waals surface area contributed by atoms with Gasteiger partial charge in [0.1, 0.15) is 5.82 Å². The number of nitrogens with one attached hydrogen (secondary N) is 1. The lowest BCUT2D eigenvalue weighted by atomic mass is 10.0. The third-order valence-corrected chi connectivity index (χ3v) is 3.48. The lowest BCUT2D eigenvalue weighted by Crippen LogP contribution is -2.10. The van der Waals surface area contributed by atoms with Crippen LogP contribution in [0.25, 0.3) is 11.6 Å². The number of furan rings is 1. The molecule has 0 aliphatic carbocycles. The van der Waals surface area contributed by atoms with Gasteiger partial charge in [0.15, 0.2) is 16.3 Å². The van der Waals surface area contributed by atoms with Gasteiger partial charge in [-0.25, -0.2) is 9.97 Å². The summed E-state index contributed by atoms with van der Waals surface area (Å²) >= 11 is 3.31. The van der Waals surface area contributed by atoms with Gasteiger partial charge in [0.25, 0.3) is 0 Å². The van der Waals surface area contributed by atoms with Crippen LogP contribution in [0.3, 0.4) is 0 Å². The first-order valence-corrected chi connectivity index (χ1v) is 7.70. The first kappa shape index (κ1) is 15.0. The molecule has 1 N–H and O–H groups in total. The summed E-state index contributed by atoms with van der Waals surface area (Å²) in [6.07, 6.45) is 1.06. The van der Waals surface area contributed by atoms with E-state index in [9.17, 15) is 0 Å². The van der Waals surface area contributed by atoms with Crippen LogP contribution in [0, 0.1) is 6.92 Å². The van der Waals surface area contributed by atoms with E-state index in [1.54, 1.807) is 0 Å². The smallest absolute Gasteiger partial charge is 0.197 e. The first-order chi connectivity index (χ1) is 9.52. The fourth-order valence-corrected chi connectivity index (χ4v) is 2.50. The van der Waals surface area contributed by atoms with E-state index in [0.717, 1.165) is 24.5 Å². The molecule has 20 heavy (non-hydrogen) atoms. The Morgan fingerprint density at radius 3 is 2.60 bits per heavy atom. The monoisotopic (exact) mass is 337 g/mol. The van der Waals surface area contributed by atoms with Crippen LogP contribution in [0.1, 0.15) is 44.4 Å². The lowest BCUT2D eigenvalue weighted by Gasteiger charge is -2.16. The largest absolute Gasteiger partial charge is 0.446 e. The summed E-state index contributed by atoms with van der Waals surface area (Å²) < 4.78 is 6.23. The Morgan fingerprint density at radius 2 is 2.05 bits per heavy atom. The van der Waals surface area contributed by atoms with Crippen molar-refractivity contribution in [2.24, 2.45) is 0 Å². The molecular weight excluding hydrogens is 318 g/mol. The van der Waals surface area contributed by atoms with Crippen LogP contribution < -0.4 is 5.32 Å². The average Bonchev–Trinajstić information content (AvgIpc) is 2.81. The molecule has 0 fully saturated rings. The molecule has 2 rings (SSSR count). The van der Waals surface area contributed by atoms with Crippen molar-refractivity contribution >= 4 is 21.7 Å². The molecule has 0 aromatic carbocycles. The van der Waals surface area contributed by atoms with Crippen LogP contribution >= 0.6 is 15.9 Å². The summed E-state index contributed by atoms with van der Waals surface area (Å²) in [7, 11) is 0. The lowest BCUT2D eigenvalue weighted by molar-refractivity contribution is 0.551. The second-order valence-corrected chi connectivity index (χ2v) is 5.86. The molecular formula is C15H20BrN3O. The number of nitrogens with zero attached hydrogens (tertiary/aromatic N) is 2. The van der Waals surface area contributed by atoms with E-state index >= 15 is 0 Å². The van der Waals surface area contributed by atoms with E-state index < -0.39 is 0 Å². The highest BCUT2D eigenvalue weighted by Crippen LogP contribution is 2.29. The van der Waals surface area contributed by atoms with Gasteiger partial charge < -0.3 is 9.73 Å². The van der Waals surface area contributed by atoms with Crippen LogP contribution in [0.5, 0.6) is 0 Å². The SMILES string of the molecule is CCCNc1nc(-c2ccc(Br)o2)nc(C)c1C(C)C. The summed E-state index contributed by atoms with van der Waals surface area (Å²) in [5.41, 5.74) is 2.17. The summed E-state index contributed by atoms with van der Waals surface area (Å²) in [6, 6.07) is 3.72. The van der Waals surface area contributed by atoms with Gasteiger partial charge >= 0.3 is 0 Å². The fourth-order valence-electron chi connectivity index (χ4n) is 2.20. The second-order valence-electron chi connectivity index (χ2n) is 5.08. The Kier molecular flexibility index (Phi) is 4.81. The van der Waals surface area contributed by atoms with E-state index in [-0.39, 0.29) is 0 Å². The minimum Gasteiger partial charge on any atom is -0.446 e. The van der Waals surface area contributed by atoms with Gasteiger partial charge in [-0.3, -0.25) is 0 Å². The van der Waals surface area contributed by atoms with Crippen molar-refractivity contribution in [1.82, 2.24) is 9.97 Å². The predicted molar refractivity (Wildman–Crippen MR) is 85.0 cm³/mol. The third-order valence-electron chi connectivity index (χ3n) is 3.05. The molecule has 0 amide bonds. The Labute approximate surface area is 128 Å². The molecule has 0 spiro atoms. The van der Waals surface area contributed by atoms with Gasteiger partial charge in [0.2, 0.25) is 0 Å². The first-order valence-electron chi connectivity index (χ1n) is 6.91. The Hall–Kier alpha value is -1.36. The predicted octanol–water partition coefficient (Wildman–Crippen LogP) is 4.75. The summed E-state index contributed by atoms with van der Waals surface area (Å²) in [5.74, 6) is 2.59. The zero-order chi connectivity index (χ0) is 14.7. The Bertz CT molecular complexity index is 593. The van der Waals surface area contributed by atoms with Gasteiger partial charge in [-0.1, -0.05) is 20.8 Å². The normalized spacial score (nSPS) is 11.1. The van der Waals surface area contributed by atoms with Crippen molar-refractivity contribution in [2.75, 3.05) is 11.9 Å². The number of aromatic nitrogens is 2. The van der Waals surface area contributed by atoms with Crippen LogP contribution in [0.2, 0.25) is 0 Å². The fraction of sp³-hybridized carbons (Fsp3) is 0.467. The number of hydrogen-bond donors (Lipinski definition) is 1. The molecule has 0 atom stereocenters.